The van der Waals surface area contributed by atoms with Crippen molar-refractivity contribution in [1.29, 1.82) is 0 Å². The average molecular weight is 304 g/mol. The van der Waals surface area contributed by atoms with Crippen LogP contribution < -0.4 is 5.32 Å². The van der Waals surface area contributed by atoms with Gasteiger partial charge in [-0.25, -0.2) is 4.79 Å². The Kier molecular flexibility index (Phi) is 6.16. The molecule has 0 aliphatic heterocycles. The highest BCUT2D eigenvalue weighted by molar-refractivity contribution is 5.85. The Bertz CT molecular complexity index is 533. The van der Waals surface area contributed by atoms with E-state index in [1.807, 2.05) is 42.5 Å². The van der Waals surface area contributed by atoms with Crippen LogP contribution in [0.1, 0.15) is 33.3 Å². The van der Waals surface area contributed by atoms with Crippen LogP contribution in [0.5, 0.6) is 0 Å². The molecule has 22 heavy (non-hydrogen) atoms. The predicted octanol–water partition coefficient (Wildman–Crippen LogP) is 2.98. The molecular formula is C17H24N2O3. The van der Waals surface area contributed by atoms with Crippen LogP contribution >= 0.6 is 0 Å². The van der Waals surface area contributed by atoms with Crippen LogP contribution in [0.25, 0.3) is 6.08 Å². The van der Waals surface area contributed by atoms with Gasteiger partial charge in [0.05, 0.1) is 0 Å². The summed E-state index contributed by atoms with van der Waals surface area (Å²) in [7, 11) is 0. The van der Waals surface area contributed by atoms with Crippen molar-refractivity contribution in [2.24, 2.45) is 0 Å². The molecular weight excluding hydrogens is 280 g/mol. The van der Waals surface area contributed by atoms with Gasteiger partial charge in [-0.05, 0) is 33.3 Å². The van der Waals surface area contributed by atoms with Crippen LogP contribution in [0.15, 0.2) is 36.4 Å². The van der Waals surface area contributed by atoms with E-state index in [1.54, 1.807) is 27.7 Å². The summed E-state index contributed by atoms with van der Waals surface area (Å²) in [5.41, 5.74) is 0.411. The number of rotatable bonds is 5. The number of hydrogen-bond donors (Lipinski definition) is 2. The van der Waals surface area contributed by atoms with Gasteiger partial charge in [0.1, 0.15) is 6.04 Å². The Morgan fingerprint density at radius 1 is 1.27 bits per heavy atom. The maximum Gasteiger partial charge on any atom is 0.408 e. The third-order valence-corrected chi connectivity index (χ3v) is 3.20. The first-order valence-electron chi connectivity index (χ1n) is 7.25. The topological polar surface area (TPSA) is 69.6 Å². The summed E-state index contributed by atoms with van der Waals surface area (Å²) in [4.78, 5) is 24.6. The Labute approximate surface area is 131 Å². The van der Waals surface area contributed by atoms with E-state index in [2.05, 4.69) is 5.32 Å². The van der Waals surface area contributed by atoms with Gasteiger partial charge in [-0.3, -0.25) is 9.69 Å². The van der Waals surface area contributed by atoms with Crippen molar-refractivity contribution in [1.82, 2.24) is 10.2 Å². The second kappa shape index (κ2) is 7.64. The molecule has 0 heterocycles. The molecule has 0 bridgehead atoms. The highest BCUT2D eigenvalue weighted by atomic mass is 16.4. The van der Waals surface area contributed by atoms with Crippen LogP contribution in [0.3, 0.4) is 0 Å². The Morgan fingerprint density at radius 3 is 2.36 bits per heavy atom. The van der Waals surface area contributed by atoms with E-state index in [1.165, 1.54) is 0 Å². The first-order chi connectivity index (χ1) is 10.2. The highest BCUT2D eigenvalue weighted by Gasteiger charge is 2.34. The summed E-state index contributed by atoms with van der Waals surface area (Å²) in [6, 6.07) is 9.00. The smallest absolute Gasteiger partial charge is 0.408 e. The van der Waals surface area contributed by atoms with Gasteiger partial charge in [0.25, 0.3) is 0 Å². The standard InChI is InChI=1S/C17H24N2O3/c1-13(19(16(21)22)17(2,3)4)15(20)18-12-8-11-14-9-6-5-7-10-14/h5-11,13H,12H2,1-4H3,(H,18,20)(H,21,22)/b11-8+/t13-/m1/s1. The quantitative estimate of drug-likeness (QED) is 0.878. The maximum absolute atomic E-state index is 12.1. The number of hydrogen-bond acceptors (Lipinski definition) is 2. The van der Waals surface area contributed by atoms with Crippen molar-refractivity contribution in [3.8, 4) is 0 Å². The number of carbonyl (C=O) groups is 2. The lowest BCUT2D eigenvalue weighted by Crippen LogP contribution is -2.55. The minimum atomic E-state index is -1.10. The van der Waals surface area contributed by atoms with Gasteiger partial charge in [0.15, 0.2) is 0 Å². The van der Waals surface area contributed by atoms with Crippen LogP contribution in [0.4, 0.5) is 4.79 Å². The zero-order chi connectivity index (χ0) is 16.8. The molecule has 0 saturated carbocycles. The van der Waals surface area contributed by atoms with E-state index in [4.69, 9.17) is 0 Å². The summed E-state index contributed by atoms with van der Waals surface area (Å²) < 4.78 is 0. The van der Waals surface area contributed by atoms with Crippen LogP contribution in [-0.2, 0) is 4.79 Å². The average Bonchev–Trinajstić information content (AvgIpc) is 2.42. The molecule has 0 aromatic heterocycles. The third-order valence-electron chi connectivity index (χ3n) is 3.20. The van der Waals surface area contributed by atoms with Crippen LogP contribution in [0.2, 0.25) is 0 Å². The number of nitrogens with one attached hydrogen (secondary N) is 1. The van der Waals surface area contributed by atoms with E-state index in [9.17, 15) is 14.7 Å². The molecule has 0 fully saturated rings. The highest BCUT2D eigenvalue weighted by Crippen LogP contribution is 2.17. The second-order valence-electron chi connectivity index (χ2n) is 6.06. The van der Waals surface area contributed by atoms with E-state index in [-0.39, 0.29) is 5.91 Å². The molecule has 0 unspecified atom stereocenters. The van der Waals surface area contributed by atoms with Crippen molar-refractivity contribution in [2.45, 2.75) is 39.3 Å². The zero-order valence-electron chi connectivity index (χ0n) is 13.5. The van der Waals surface area contributed by atoms with E-state index >= 15 is 0 Å². The molecule has 1 aromatic rings. The molecule has 2 N–H and O–H groups in total. The number of benzene rings is 1. The first kappa shape index (κ1) is 17.8. The molecule has 0 spiro atoms. The zero-order valence-corrected chi connectivity index (χ0v) is 13.5. The molecule has 1 atom stereocenters. The molecule has 0 aliphatic carbocycles. The van der Waals surface area contributed by atoms with Crippen molar-refractivity contribution < 1.29 is 14.7 Å². The molecule has 0 radical (unpaired) electrons. The molecule has 1 aromatic carbocycles. The summed E-state index contributed by atoms with van der Waals surface area (Å²) in [5, 5.41) is 12.0. The lowest BCUT2D eigenvalue weighted by molar-refractivity contribution is -0.126. The molecule has 1 rings (SSSR count). The van der Waals surface area contributed by atoms with Gasteiger partial charge in [0.2, 0.25) is 5.91 Å². The fourth-order valence-electron chi connectivity index (χ4n) is 2.22. The summed E-state index contributed by atoms with van der Waals surface area (Å²) in [5.74, 6) is -0.310. The van der Waals surface area contributed by atoms with Gasteiger partial charge < -0.3 is 10.4 Å². The van der Waals surface area contributed by atoms with Crippen molar-refractivity contribution in [2.75, 3.05) is 6.54 Å². The molecule has 5 nitrogen and oxygen atoms in total. The molecule has 2 amide bonds. The fourth-order valence-corrected chi connectivity index (χ4v) is 2.22. The summed E-state index contributed by atoms with van der Waals surface area (Å²) in [6.07, 6.45) is 2.64. The third kappa shape index (κ3) is 5.24. The SMILES string of the molecule is C[C@H](C(=O)NC/C=C/c1ccccc1)N(C(=O)O)C(C)(C)C. The number of carboxylic acid groups (broad SMARTS) is 1. The van der Waals surface area contributed by atoms with Gasteiger partial charge in [-0.1, -0.05) is 42.5 Å². The minimum Gasteiger partial charge on any atom is -0.465 e. The lowest BCUT2D eigenvalue weighted by Gasteiger charge is -2.37. The van der Waals surface area contributed by atoms with Gasteiger partial charge in [0, 0.05) is 12.1 Å². The largest absolute Gasteiger partial charge is 0.465 e. The Morgan fingerprint density at radius 2 is 1.86 bits per heavy atom. The van der Waals surface area contributed by atoms with Crippen molar-refractivity contribution in [3.05, 3.63) is 42.0 Å². The Hall–Kier alpha value is -2.30. The van der Waals surface area contributed by atoms with Crippen LogP contribution in [0, 0.1) is 0 Å². The van der Waals surface area contributed by atoms with E-state index < -0.39 is 17.7 Å². The summed E-state index contributed by atoms with van der Waals surface area (Å²) in [6.45, 7) is 7.24. The van der Waals surface area contributed by atoms with Crippen molar-refractivity contribution in [3.63, 3.8) is 0 Å². The molecule has 0 aliphatic rings. The van der Waals surface area contributed by atoms with Crippen molar-refractivity contribution >= 4 is 18.1 Å². The minimum absolute atomic E-state index is 0.310. The fraction of sp³-hybridized carbons (Fsp3) is 0.412. The van der Waals surface area contributed by atoms with Gasteiger partial charge in [-0.2, -0.15) is 0 Å². The maximum atomic E-state index is 12.1. The predicted molar refractivity (Wildman–Crippen MR) is 87.6 cm³/mol. The second-order valence-corrected chi connectivity index (χ2v) is 6.06. The molecule has 5 heteroatoms. The normalized spacial score (nSPS) is 12.9. The molecule has 120 valence electrons. The van der Waals surface area contributed by atoms with E-state index in [0.717, 1.165) is 10.5 Å². The number of nitrogens with zero attached hydrogens (tertiary/aromatic N) is 1. The first-order valence-corrected chi connectivity index (χ1v) is 7.25. The van der Waals surface area contributed by atoms with Gasteiger partial charge in [-0.15, -0.1) is 0 Å². The van der Waals surface area contributed by atoms with E-state index in [0.29, 0.717) is 6.54 Å². The van der Waals surface area contributed by atoms with Crippen LogP contribution in [-0.4, -0.2) is 40.1 Å². The molecule has 0 saturated heterocycles. The number of carbonyl (C=O) groups excluding carboxylic acids is 1. The number of amides is 2. The lowest BCUT2D eigenvalue weighted by atomic mass is 10.0. The van der Waals surface area contributed by atoms with Gasteiger partial charge >= 0.3 is 6.09 Å². The monoisotopic (exact) mass is 304 g/mol. The summed E-state index contributed by atoms with van der Waals surface area (Å²) >= 11 is 0. The Balaban J connectivity index is 2.57.